The summed E-state index contributed by atoms with van der Waals surface area (Å²) in [4.78, 5) is 57.0. The molecular formula is C31H33N5O6. The molecule has 218 valence electrons. The zero-order chi connectivity index (χ0) is 30.3. The Kier molecular flexibility index (Phi) is 9.41. The third kappa shape index (κ3) is 6.85. The molecule has 0 aliphatic carbocycles. The largest absolute Gasteiger partial charge is 0.508 e. The number of hydrogen-bond acceptors (Lipinski definition) is 6. The quantitative estimate of drug-likeness (QED) is 0.229. The maximum atomic E-state index is 13.8. The van der Waals surface area contributed by atoms with E-state index in [2.05, 4.69) is 15.8 Å². The normalized spacial score (nSPS) is 17.5. The molecule has 0 radical (unpaired) electrons. The van der Waals surface area contributed by atoms with Gasteiger partial charge in [0.1, 0.15) is 6.04 Å². The number of hydrogen-bond donors (Lipinski definition) is 4. The number of fused-ring (bicyclic) bond motifs is 1. The fraction of sp³-hybridized carbons (Fsp3) is 0.323. The number of ketones is 1. The highest BCUT2D eigenvalue weighted by molar-refractivity contribution is 6.09. The van der Waals surface area contributed by atoms with Gasteiger partial charge in [-0.1, -0.05) is 85.7 Å². The first-order chi connectivity index (χ1) is 20.1. The molecule has 1 aliphatic rings. The van der Waals surface area contributed by atoms with E-state index in [1.807, 2.05) is 80.6 Å². The van der Waals surface area contributed by atoms with E-state index in [0.717, 1.165) is 16.3 Å². The second kappa shape index (κ2) is 13.2. The van der Waals surface area contributed by atoms with Crippen molar-refractivity contribution >= 4 is 40.1 Å². The van der Waals surface area contributed by atoms with Crippen LogP contribution in [0.25, 0.3) is 16.3 Å². The predicted molar refractivity (Wildman–Crippen MR) is 154 cm³/mol. The van der Waals surface area contributed by atoms with Gasteiger partial charge in [-0.2, -0.15) is 0 Å². The molecule has 0 bridgehead atoms. The minimum Gasteiger partial charge on any atom is -0.508 e. The van der Waals surface area contributed by atoms with Crippen LogP contribution >= 0.6 is 0 Å². The Hall–Kier alpha value is -4.93. The van der Waals surface area contributed by atoms with E-state index < -0.39 is 48.3 Å². The lowest BCUT2D eigenvalue weighted by atomic mass is 9.84. The van der Waals surface area contributed by atoms with Crippen molar-refractivity contribution in [3.05, 3.63) is 89.5 Å². The molecular weight excluding hydrogens is 538 g/mol. The third-order valence-corrected chi connectivity index (χ3v) is 7.22. The fourth-order valence-electron chi connectivity index (χ4n) is 5.08. The number of Topliss-reactive ketones (excluding diaryl/α,β-unsaturated/α-hetero) is 1. The lowest BCUT2D eigenvalue weighted by Gasteiger charge is -2.28. The van der Waals surface area contributed by atoms with Crippen LogP contribution in [0.4, 0.5) is 0 Å². The fourth-order valence-corrected chi connectivity index (χ4v) is 5.08. The number of nitrogens with one attached hydrogen (secondary N) is 3. The topological polar surface area (TPSA) is 170 Å². The van der Waals surface area contributed by atoms with Crippen LogP contribution in [-0.4, -0.2) is 58.6 Å². The minimum absolute atomic E-state index is 0.0153. The van der Waals surface area contributed by atoms with Gasteiger partial charge in [0.2, 0.25) is 11.4 Å². The van der Waals surface area contributed by atoms with Gasteiger partial charge in [0.05, 0.1) is 18.2 Å². The van der Waals surface area contributed by atoms with Gasteiger partial charge in [0.25, 0.3) is 11.8 Å². The van der Waals surface area contributed by atoms with Crippen molar-refractivity contribution in [2.24, 2.45) is 11.1 Å². The van der Waals surface area contributed by atoms with E-state index in [9.17, 15) is 24.3 Å². The zero-order valence-electron chi connectivity index (χ0n) is 23.4. The average molecular weight is 572 g/mol. The summed E-state index contributed by atoms with van der Waals surface area (Å²) >= 11 is 0. The van der Waals surface area contributed by atoms with Crippen molar-refractivity contribution in [2.45, 2.75) is 50.8 Å². The first-order valence-electron chi connectivity index (χ1n) is 13.6. The van der Waals surface area contributed by atoms with Crippen molar-refractivity contribution in [3.63, 3.8) is 0 Å². The van der Waals surface area contributed by atoms with Crippen LogP contribution in [-0.2, 0) is 25.6 Å². The molecule has 0 saturated heterocycles. The number of carbonyl (C=O) groups is 4. The maximum absolute atomic E-state index is 13.8. The van der Waals surface area contributed by atoms with Crippen LogP contribution < -0.4 is 15.7 Å². The van der Waals surface area contributed by atoms with Gasteiger partial charge in [-0.25, -0.2) is 0 Å². The molecule has 11 nitrogen and oxygen atoms in total. The molecule has 1 heterocycles. The molecule has 0 aromatic heterocycles. The van der Waals surface area contributed by atoms with Crippen LogP contribution in [0.1, 0.15) is 42.6 Å². The van der Waals surface area contributed by atoms with Crippen LogP contribution in [0.2, 0.25) is 0 Å². The van der Waals surface area contributed by atoms with E-state index in [1.54, 1.807) is 11.2 Å². The van der Waals surface area contributed by atoms with Gasteiger partial charge in [0, 0.05) is 18.4 Å². The zero-order valence-corrected chi connectivity index (χ0v) is 23.4. The summed E-state index contributed by atoms with van der Waals surface area (Å²) < 4.78 is 0. The van der Waals surface area contributed by atoms with Crippen LogP contribution in [0, 0.1) is 5.92 Å². The molecule has 2 amide bonds. The SMILES string of the molecule is CC(C)C(NC(=O)c1cccc2ccccc12)C1=NOC(Cc2ccccc2)(C(=O)N[C@@H](CC(=O)O)C(=O)C[NH+]=[N-])C1. The molecule has 1 aliphatic heterocycles. The number of nitrogens with zero attached hydrogens (tertiary/aromatic N) is 2. The number of amides is 2. The van der Waals surface area contributed by atoms with Crippen molar-refractivity contribution in [3.8, 4) is 0 Å². The van der Waals surface area contributed by atoms with E-state index >= 15 is 0 Å². The summed E-state index contributed by atoms with van der Waals surface area (Å²) in [5.74, 6) is -3.18. The Balaban J connectivity index is 1.61. The lowest BCUT2D eigenvalue weighted by Crippen LogP contribution is -2.68. The molecule has 0 fully saturated rings. The molecule has 2 unspecified atom stereocenters. The number of oxime groups is 1. The second-order valence-corrected chi connectivity index (χ2v) is 10.7. The van der Waals surface area contributed by atoms with Crippen LogP contribution in [0.3, 0.4) is 0 Å². The smallest absolute Gasteiger partial charge is 0.305 e. The Morgan fingerprint density at radius 2 is 1.69 bits per heavy atom. The number of carboxylic acids is 1. The van der Waals surface area contributed by atoms with Crippen molar-refractivity contribution in [1.82, 2.24) is 10.6 Å². The monoisotopic (exact) mass is 571 g/mol. The van der Waals surface area contributed by atoms with Gasteiger partial charge >= 0.3 is 5.97 Å². The van der Waals surface area contributed by atoms with Gasteiger partial charge in [-0.05, 0) is 28.3 Å². The standard InChI is InChI=1S/C31H33N5O6/c1-19(2)28(35-29(40)23-14-8-12-21-11-6-7-13-22(21)23)25-17-31(42-36-25,16-20-9-4-3-5-10-20)30(41)34-24(15-27(38)39)26(37)18-33-32/h3-14,19,24,28,33H,15-18H2,1-2H3,(H,34,41)(H,35,40)(H,38,39)/t24-,28?,31?/m0/s1. The Bertz CT molecular complexity index is 1520. The molecule has 3 atom stereocenters. The molecule has 4 N–H and O–H groups in total. The van der Waals surface area contributed by atoms with Gasteiger partial charge < -0.3 is 31.2 Å². The summed E-state index contributed by atoms with van der Waals surface area (Å²) in [6, 6.07) is 20.1. The average Bonchev–Trinajstić information content (AvgIpc) is 3.40. The molecule has 42 heavy (non-hydrogen) atoms. The lowest BCUT2D eigenvalue weighted by molar-refractivity contribution is -0.467. The number of rotatable bonds is 13. The van der Waals surface area contributed by atoms with E-state index in [4.69, 9.17) is 10.4 Å². The van der Waals surface area contributed by atoms with E-state index in [0.29, 0.717) is 11.3 Å². The highest BCUT2D eigenvalue weighted by Gasteiger charge is 2.49. The van der Waals surface area contributed by atoms with Gasteiger partial charge in [0.15, 0.2) is 6.54 Å². The highest BCUT2D eigenvalue weighted by Crippen LogP contribution is 2.32. The van der Waals surface area contributed by atoms with E-state index in [-0.39, 0.29) is 24.7 Å². The molecule has 3 aromatic carbocycles. The van der Waals surface area contributed by atoms with Gasteiger partial charge in [-0.3, -0.25) is 19.2 Å². The summed E-state index contributed by atoms with van der Waals surface area (Å²) in [6.45, 7) is 3.27. The molecule has 0 saturated carbocycles. The Morgan fingerprint density at radius 1 is 1.00 bits per heavy atom. The third-order valence-electron chi connectivity index (χ3n) is 7.22. The van der Waals surface area contributed by atoms with Gasteiger partial charge in [-0.15, -0.1) is 0 Å². The number of carbonyl (C=O) groups excluding carboxylic acids is 3. The van der Waals surface area contributed by atoms with Crippen molar-refractivity contribution in [2.75, 3.05) is 6.54 Å². The Labute approximate surface area is 242 Å². The van der Waals surface area contributed by atoms with Crippen LogP contribution in [0.5, 0.6) is 0 Å². The summed E-state index contributed by atoms with van der Waals surface area (Å²) in [7, 11) is 0. The summed E-state index contributed by atoms with van der Waals surface area (Å²) in [6.07, 6.45) is -0.628. The van der Waals surface area contributed by atoms with Crippen molar-refractivity contribution in [1.29, 1.82) is 0 Å². The van der Waals surface area contributed by atoms with Crippen LogP contribution in [0.15, 0.2) is 78.0 Å². The number of benzene rings is 3. The highest BCUT2D eigenvalue weighted by atomic mass is 16.7. The molecule has 11 heteroatoms. The summed E-state index contributed by atoms with van der Waals surface area (Å²) in [5.41, 5.74) is 9.03. The molecule has 3 aromatic rings. The Morgan fingerprint density at radius 3 is 2.38 bits per heavy atom. The molecule has 4 rings (SSSR count). The van der Waals surface area contributed by atoms with Crippen molar-refractivity contribution < 1.29 is 34.2 Å². The molecule has 0 spiro atoms. The number of aliphatic carboxylic acids is 1. The first-order valence-corrected chi connectivity index (χ1v) is 13.6. The first kappa shape index (κ1) is 30.0. The minimum atomic E-state index is -1.61. The second-order valence-electron chi connectivity index (χ2n) is 10.7. The number of carboxylic acid groups (broad SMARTS) is 1. The predicted octanol–water partition coefficient (Wildman–Crippen LogP) is 1.98. The maximum Gasteiger partial charge on any atom is 0.305 e. The summed E-state index contributed by atoms with van der Waals surface area (Å²) in [5, 5.41) is 22.6. The van der Waals surface area contributed by atoms with E-state index in [1.165, 1.54) is 0 Å².